The number of aromatic nitrogens is 7. The normalized spacial score (nSPS) is 13.8. The summed E-state index contributed by atoms with van der Waals surface area (Å²) >= 11 is 0. The van der Waals surface area contributed by atoms with Crippen LogP contribution < -0.4 is 5.32 Å². The predicted octanol–water partition coefficient (Wildman–Crippen LogP) is 4.10. The van der Waals surface area contributed by atoms with E-state index in [1.165, 1.54) is 5.57 Å². The van der Waals surface area contributed by atoms with Crippen LogP contribution in [0.25, 0.3) is 11.2 Å². The van der Waals surface area contributed by atoms with Gasteiger partial charge in [-0.15, -0.1) is 5.10 Å². The minimum absolute atomic E-state index is 0.141. The van der Waals surface area contributed by atoms with Gasteiger partial charge in [0.05, 0.1) is 19.1 Å². The van der Waals surface area contributed by atoms with Gasteiger partial charge >= 0.3 is 0 Å². The van der Waals surface area contributed by atoms with Gasteiger partial charge in [0.1, 0.15) is 5.52 Å². The van der Waals surface area contributed by atoms with Gasteiger partial charge in [-0.2, -0.15) is 9.97 Å². The van der Waals surface area contributed by atoms with Crippen LogP contribution in [0.1, 0.15) is 41.5 Å². The van der Waals surface area contributed by atoms with Crippen molar-refractivity contribution in [1.82, 2.24) is 34.5 Å². The van der Waals surface area contributed by atoms with E-state index in [1.807, 2.05) is 24.7 Å². The first-order valence-electron chi connectivity index (χ1n) is 10.3. The number of nitrogens with zero attached hydrogens (tertiary/aromatic N) is 8. The number of aliphatic imine (C=N–C) groups is 1. The lowest BCUT2D eigenvalue weighted by Crippen LogP contribution is -2.13. The fourth-order valence-electron chi connectivity index (χ4n) is 2.69. The van der Waals surface area contributed by atoms with Gasteiger partial charge < -0.3 is 9.88 Å². The van der Waals surface area contributed by atoms with Crippen molar-refractivity contribution in [3.8, 4) is 0 Å². The molecule has 0 aliphatic carbocycles. The molecule has 0 saturated carbocycles. The zero-order valence-corrected chi connectivity index (χ0v) is 19.4. The van der Waals surface area contributed by atoms with Crippen molar-refractivity contribution in [2.45, 2.75) is 48.1 Å². The molecule has 164 valence electrons. The summed E-state index contributed by atoms with van der Waals surface area (Å²) in [5, 5.41) is 11.0. The van der Waals surface area contributed by atoms with E-state index < -0.39 is 0 Å². The van der Waals surface area contributed by atoms with Gasteiger partial charge in [0.2, 0.25) is 5.95 Å². The smallest absolute Gasteiger partial charge is 0.226 e. The molecule has 0 radical (unpaired) electrons. The van der Waals surface area contributed by atoms with Gasteiger partial charge in [-0.1, -0.05) is 43.7 Å². The summed E-state index contributed by atoms with van der Waals surface area (Å²) in [5.41, 5.74) is 4.84. The van der Waals surface area contributed by atoms with Gasteiger partial charge in [0.15, 0.2) is 11.5 Å². The Morgan fingerprint density at radius 2 is 1.94 bits per heavy atom. The predicted molar refractivity (Wildman–Crippen MR) is 125 cm³/mol. The lowest BCUT2D eigenvalue weighted by molar-refractivity contribution is 0.504. The third kappa shape index (κ3) is 5.62. The maximum atomic E-state index is 4.82. The van der Waals surface area contributed by atoms with Gasteiger partial charge in [0, 0.05) is 25.5 Å². The molecule has 0 unspecified atom stereocenters. The number of fused-ring (bicyclic) bond motifs is 1. The second-order valence-corrected chi connectivity index (χ2v) is 8.64. The van der Waals surface area contributed by atoms with E-state index in [9.17, 15) is 0 Å². The molecule has 0 fully saturated rings. The van der Waals surface area contributed by atoms with E-state index >= 15 is 0 Å². The van der Waals surface area contributed by atoms with Gasteiger partial charge in [0.25, 0.3) is 0 Å². The number of nitrogens with one attached hydrogen (secondary N) is 1. The Labute approximate surface area is 183 Å². The molecule has 0 aliphatic heterocycles. The zero-order valence-electron chi connectivity index (χ0n) is 19.4. The lowest BCUT2D eigenvalue weighted by Gasteiger charge is -2.18. The molecule has 9 heteroatoms. The number of hydrogen-bond acceptors (Lipinski definition) is 7. The minimum Gasteiger partial charge on any atom is -0.352 e. The third-order valence-corrected chi connectivity index (χ3v) is 5.26. The highest BCUT2D eigenvalue weighted by Crippen LogP contribution is 2.26. The van der Waals surface area contributed by atoms with Crippen LogP contribution in [0.2, 0.25) is 0 Å². The summed E-state index contributed by atoms with van der Waals surface area (Å²) in [6, 6.07) is 0. The first kappa shape index (κ1) is 22.3. The molecular formula is C22H31N9. The van der Waals surface area contributed by atoms with E-state index in [1.54, 1.807) is 17.2 Å². The van der Waals surface area contributed by atoms with Crippen LogP contribution in [0.15, 0.2) is 47.0 Å². The maximum absolute atomic E-state index is 4.82. The highest BCUT2D eigenvalue weighted by Gasteiger charge is 2.13. The molecule has 0 saturated heterocycles. The molecule has 0 aromatic carbocycles. The highest BCUT2D eigenvalue weighted by atomic mass is 15.4. The van der Waals surface area contributed by atoms with Crippen molar-refractivity contribution in [3.63, 3.8) is 0 Å². The van der Waals surface area contributed by atoms with Crippen LogP contribution in [0.4, 0.5) is 11.8 Å². The molecule has 3 aromatic rings. The van der Waals surface area contributed by atoms with E-state index in [2.05, 4.69) is 77.4 Å². The average molecular weight is 422 g/mol. The third-order valence-electron chi connectivity index (χ3n) is 5.26. The molecule has 0 spiro atoms. The van der Waals surface area contributed by atoms with Crippen molar-refractivity contribution >= 4 is 28.6 Å². The van der Waals surface area contributed by atoms with Crippen LogP contribution in [-0.4, -0.2) is 46.8 Å². The molecule has 3 rings (SSSR count). The Kier molecular flexibility index (Phi) is 6.62. The van der Waals surface area contributed by atoms with Crippen molar-refractivity contribution < 1.29 is 0 Å². The van der Waals surface area contributed by atoms with Crippen molar-refractivity contribution in [2.24, 2.45) is 17.5 Å². The van der Waals surface area contributed by atoms with E-state index in [0.717, 1.165) is 16.8 Å². The summed E-state index contributed by atoms with van der Waals surface area (Å²) in [6.45, 7) is 14.1. The minimum atomic E-state index is 0.141. The topological polar surface area (TPSA) is 98.7 Å². The molecule has 9 nitrogen and oxygen atoms in total. The number of rotatable bonds is 7. The summed E-state index contributed by atoms with van der Waals surface area (Å²) in [7, 11) is 1.92. The largest absolute Gasteiger partial charge is 0.352 e. The Morgan fingerprint density at radius 1 is 1.16 bits per heavy atom. The first-order valence-corrected chi connectivity index (χ1v) is 10.3. The standard InChI is InChI=1S/C22H31N9/c1-15(8-9-16(2)22(4,5)6)17(3)26-20-18-19(24-14-30(18)7)27-21(28-20)23-10-12-31-13-11-25-29-31/h8-9,11,13-14H,10,12H2,1-7H3,(H,23,27,28)/b15-8-,16-9?,26-17?. The first-order chi connectivity index (χ1) is 14.6. The summed E-state index contributed by atoms with van der Waals surface area (Å²) in [4.78, 5) is 18.4. The van der Waals surface area contributed by atoms with Crippen LogP contribution in [-0.2, 0) is 13.6 Å². The number of anilines is 1. The molecule has 0 amide bonds. The molecule has 0 atom stereocenters. The number of hydrogen-bond donors (Lipinski definition) is 1. The van der Waals surface area contributed by atoms with Crippen LogP contribution >= 0.6 is 0 Å². The van der Waals surface area contributed by atoms with E-state index in [4.69, 9.17) is 4.99 Å². The van der Waals surface area contributed by atoms with Crippen LogP contribution in [0, 0.1) is 5.41 Å². The molecule has 31 heavy (non-hydrogen) atoms. The maximum Gasteiger partial charge on any atom is 0.226 e. The zero-order chi connectivity index (χ0) is 22.6. The van der Waals surface area contributed by atoms with E-state index in [0.29, 0.717) is 30.5 Å². The Hall–Kier alpha value is -3.36. The van der Waals surface area contributed by atoms with Crippen molar-refractivity contribution in [3.05, 3.63) is 42.0 Å². The molecular weight excluding hydrogens is 390 g/mol. The Balaban J connectivity index is 1.87. The molecule has 0 bridgehead atoms. The number of allylic oxidation sites excluding steroid dienone is 4. The number of imidazole rings is 1. The second kappa shape index (κ2) is 9.20. The molecule has 0 aliphatic rings. The summed E-state index contributed by atoms with van der Waals surface area (Å²) in [6.07, 6.45) is 9.46. The van der Waals surface area contributed by atoms with Gasteiger partial charge in [-0.25, -0.2) is 9.98 Å². The fourth-order valence-corrected chi connectivity index (χ4v) is 2.69. The second-order valence-electron chi connectivity index (χ2n) is 8.64. The van der Waals surface area contributed by atoms with Gasteiger partial charge in [-0.05, 0) is 31.8 Å². The summed E-state index contributed by atoms with van der Waals surface area (Å²) < 4.78 is 3.64. The van der Waals surface area contributed by atoms with Crippen molar-refractivity contribution in [2.75, 3.05) is 11.9 Å². The molecule has 3 heterocycles. The quantitative estimate of drug-likeness (QED) is 0.455. The fraction of sp³-hybridized carbons (Fsp3) is 0.455. The summed E-state index contributed by atoms with van der Waals surface area (Å²) in [5.74, 6) is 1.08. The Bertz CT molecular complexity index is 1130. The monoisotopic (exact) mass is 421 g/mol. The van der Waals surface area contributed by atoms with Crippen LogP contribution in [0.5, 0.6) is 0 Å². The highest BCUT2D eigenvalue weighted by molar-refractivity contribution is 6.01. The van der Waals surface area contributed by atoms with E-state index in [-0.39, 0.29) is 5.41 Å². The van der Waals surface area contributed by atoms with Crippen molar-refractivity contribution in [1.29, 1.82) is 0 Å². The number of aryl methyl sites for hydroxylation is 1. The van der Waals surface area contributed by atoms with Crippen LogP contribution in [0.3, 0.4) is 0 Å². The van der Waals surface area contributed by atoms with Gasteiger partial charge in [-0.3, -0.25) is 4.68 Å². The lowest BCUT2D eigenvalue weighted by atomic mass is 9.87. The SMILES string of the molecule is CC(=C/C=C(/C)C(C)=Nc1nc(NCCn2ccnn2)nc2ncn(C)c12)C(C)(C)C. The molecule has 3 aromatic heterocycles. The molecule has 1 N–H and O–H groups in total. The average Bonchev–Trinajstić information content (AvgIpc) is 3.35. The Morgan fingerprint density at radius 3 is 2.61 bits per heavy atom.